The number of imidazole rings is 1. The first kappa shape index (κ1) is 12.8. The van der Waals surface area contributed by atoms with E-state index >= 15 is 0 Å². The molecule has 0 radical (unpaired) electrons. The van der Waals surface area contributed by atoms with Crippen LogP contribution in [0, 0.1) is 0 Å². The first-order chi connectivity index (χ1) is 8.33. The number of aryl methyl sites for hydroxylation is 1. The smallest absolute Gasteiger partial charge is 0.164 e. The number of rotatable bonds is 6. The lowest BCUT2D eigenvalue weighted by molar-refractivity contribution is 0.591. The van der Waals surface area contributed by atoms with Gasteiger partial charge < -0.3 is 4.57 Å². The third kappa shape index (κ3) is 3.16. The molecule has 0 aromatic carbocycles. The maximum absolute atomic E-state index is 5.94. The molecule has 0 fully saturated rings. The first-order valence-corrected chi connectivity index (χ1v) is 7.20. The van der Waals surface area contributed by atoms with E-state index in [0.29, 0.717) is 10.7 Å². The van der Waals surface area contributed by atoms with Crippen LogP contribution in [0.5, 0.6) is 0 Å². The van der Waals surface area contributed by atoms with Crippen LogP contribution in [0.4, 0.5) is 0 Å². The number of nitrogens with zero attached hydrogens (tertiary/aromatic N) is 4. The van der Waals surface area contributed by atoms with Crippen LogP contribution in [0.2, 0.25) is 5.15 Å². The average Bonchev–Trinajstić information content (AvgIpc) is 2.74. The van der Waals surface area contributed by atoms with E-state index in [0.717, 1.165) is 23.9 Å². The number of hydrogen-bond acceptors (Lipinski definition) is 3. The Balaban J connectivity index is 1.97. The van der Waals surface area contributed by atoms with E-state index in [9.17, 15) is 0 Å². The van der Waals surface area contributed by atoms with Crippen LogP contribution in [-0.4, -0.2) is 24.8 Å². The molecule has 0 amide bonds. The number of unbranched alkanes of at least 4 members (excludes halogenated alkanes) is 3. The Morgan fingerprint density at radius 2 is 1.94 bits per heavy atom. The van der Waals surface area contributed by atoms with Crippen molar-refractivity contribution in [1.29, 1.82) is 0 Å². The minimum Gasteiger partial charge on any atom is -0.315 e. The topological polar surface area (TPSA) is 43.6 Å². The van der Waals surface area contributed by atoms with Crippen molar-refractivity contribution in [2.45, 2.75) is 32.2 Å². The first-order valence-electron chi connectivity index (χ1n) is 5.70. The summed E-state index contributed by atoms with van der Waals surface area (Å²) in [6.07, 6.45) is 8.12. The molecular formula is C11H14BrClN4. The molecule has 0 N–H and O–H groups in total. The summed E-state index contributed by atoms with van der Waals surface area (Å²) >= 11 is 9.37. The molecule has 2 aromatic rings. The molecule has 0 aliphatic heterocycles. The summed E-state index contributed by atoms with van der Waals surface area (Å²) in [5.74, 6) is 0. The molecule has 4 nitrogen and oxygen atoms in total. The quantitative estimate of drug-likeness (QED) is 0.466. The van der Waals surface area contributed by atoms with Gasteiger partial charge in [-0.1, -0.05) is 40.4 Å². The standard InChI is InChI=1S/C11H14BrClN4/c12-5-3-1-2-4-6-17-8-16-9-10(13)14-7-15-11(9)17/h7-8H,1-6H2. The molecule has 0 aliphatic rings. The lowest BCUT2D eigenvalue weighted by Crippen LogP contribution is -1.98. The van der Waals surface area contributed by atoms with Gasteiger partial charge in [-0.2, -0.15) is 0 Å². The Bertz CT molecular complexity index is 485. The summed E-state index contributed by atoms with van der Waals surface area (Å²) in [4.78, 5) is 12.4. The number of fused-ring (bicyclic) bond motifs is 1. The molecule has 2 rings (SSSR count). The van der Waals surface area contributed by atoms with Gasteiger partial charge in [-0.15, -0.1) is 0 Å². The fourth-order valence-corrected chi connectivity index (χ4v) is 2.32. The van der Waals surface area contributed by atoms with Gasteiger partial charge in [-0.05, 0) is 12.8 Å². The van der Waals surface area contributed by atoms with Crippen LogP contribution in [0.1, 0.15) is 25.7 Å². The lowest BCUT2D eigenvalue weighted by Gasteiger charge is -2.03. The van der Waals surface area contributed by atoms with Gasteiger partial charge in [0.1, 0.15) is 11.8 Å². The minimum absolute atomic E-state index is 0.424. The zero-order chi connectivity index (χ0) is 12.1. The molecule has 92 valence electrons. The monoisotopic (exact) mass is 316 g/mol. The second-order valence-corrected chi connectivity index (χ2v) is 5.03. The zero-order valence-electron chi connectivity index (χ0n) is 9.44. The van der Waals surface area contributed by atoms with Crippen molar-refractivity contribution in [2.75, 3.05) is 5.33 Å². The maximum Gasteiger partial charge on any atom is 0.164 e. The summed E-state index contributed by atoms with van der Waals surface area (Å²) in [5.41, 5.74) is 1.51. The number of hydrogen-bond donors (Lipinski definition) is 0. The second-order valence-electron chi connectivity index (χ2n) is 3.88. The molecule has 0 bridgehead atoms. The van der Waals surface area contributed by atoms with Crippen LogP contribution in [0.15, 0.2) is 12.7 Å². The Morgan fingerprint density at radius 3 is 2.76 bits per heavy atom. The van der Waals surface area contributed by atoms with Crippen LogP contribution in [0.25, 0.3) is 11.2 Å². The maximum atomic E-state index is 5.94. The lowest BCUT2D eigenvalue weighted by atomic mass is 10.2. The van der Waals surface area contributed by atoms with Gasteiger partial charge in [0.25, 0.3) is 0 Å². The van der Waals surface area contributed by atoms with Gasteiger partial charge in [0.15, 0.2) is 10.8 Å². The zero-order valence-corrected chi connectivity index (χ0v) is 11.8. The molecule has 17 heavy (non-hydrogen) atoms. The van der Waals surface area contributed by atoms with E-state index in [1.165, 1.54) is 25.6 Å². The van der Waals surface area contributed by atoms with Crippen molar-refractivity contribution in [2.24, 2.45) is 0 Å². The van der Waals surface area contributed by atoms with Crippen molar-refractivity contribution >= 4 is 38.7 Å². The van der Waals surface area contributed by atoms with Crippen LogP contribution < -0.4 is 0 Å². The fraction of sp³-hybridized carbons (Fsp3) is 0.545. The Labute approximate surface area is 114 Å². The summed E-state index contributed by atoms with van der Waals surface area (Å²) in [6.45, 7) is 0.937. The van der Waals surface area contributed by atoms with Crippen molar-refractivity contribution in [1.82, 2.24) is 19.5 Å². The van der Waals surface area contributed by atoms with Gasteiger partial charge in [0.2, 0.25) is 0 Å². The van der Waals surface area contributed by atoms with Crippen molar-refractivity contribution in [3.05, 3.63) is 17.8 Å². The van der Waals surface area contributed by atoms with Crippen LogP contribution in [-0.2, 0) is 6.54 Å². The SMILES string of the molecule is Clc1ncnc2c1ncn2CCCCCCBr. The van der Waals surface area contributed by atoms with E-state index < -0.39 is 0 Å². The average molecular weight is 318 g/mol. The fourth-order valence-electron chi connectivity index (χ4n) is 1.75. The van der Waals surface area contributed by atoms with Gasteiger partial charge in [0.05, 0.1) is 6.33 Å². The van der Waals surface area contributed by atoms with E-state index in [1.807, 2.05) is 4.57 Å². The Hall–Kier alpha value is -0.680. The largest absolute Gasteiger partial charge is 0.315 e. The highest BCUT2D eigenvalue weighted by atomic mass is 79.9. The van der Waals surface area contributed by atoms with E-state index in [-0.39, 0.29) is 0 Å². The molecule has 0 unspecified atom stereocenters. The molecule has 2 aromatic heterocycles. The molecule has 0 atom stereocenters. The molecular weight excluding hydrogens is 304 g/mol. The molecule has 6 heteroatoms. The number of alkyl halides is 1. The second kappa shape index (κ2) is 6.31. The minimum atomic E-state index is 0.424. The van der Waals surface area contributed by atoms with Crippen molar-refractivity contribution in [3.8, 4) is 0 Å². The van der Waals surface area contributed by atoms with Crippen molar-refractivity contribution in [3.63, 3.8) is 0 Å². The number of halogens is 2. The molecule has 2 heterocycles. The van der Waals surface area contributed by atoms with E-state index in [2.05, 4.69) is 30.9 Å². The third-order valence-corrected chi connectivity index (χ3v) is 3.48. The summed E-state index contributed by atoms with van der Waals surface area (Å²) in [5, 5.41) is 1.51. The highest BCUT2D eigenvalue weighted by molar-refractivity contribution is 9.09. The van der Waals surface area contributed by atoms with Gasteiger partial charge in [0, 0.05) is 11.9 Å². The Kier molecular flexibility index (Phi) is 4.74. The van der Waals surface area contributed by atoms with Gasteiger partial charge >= 0.3 is 0 Å². The predicted molar refractivity (Wildman–Crippen MR) is 72.6 cm³/mol. The molecule has 0 spiro atoms. The summed E-state index contributed by atoms with van der Waals surface area (Å²) in [6, 6.07) is 0. The third-order valence-electron chi connectivity index (χ3n) is 2.64. The normalized spacial score (nSPS) is 11.2. The predicted octanol–water partition coefficient (Wildman–Crippen LogP) is 3.44. The highest BCUT2D eigenvalue weighted by Gasteiger charge is 2.07. The number of aromatic nitrogens is 4. The van der Waals surface area contributed by atoms with Gasteiger partial charge in [-0.25, -0.2) is 15.0 Å². The highest BCUT2D eigenvalue weighted by Crippen LogP contribution is 2.17. The molecule has 0 saturated carbocycles. The summed E-state index contributed by atoms with van der Waals surface area (Å²) < 4.78 is 2.04. The van der Waals surface area contributed by atoms with Crippen molar-refractivity contribution < 1.29 is 0 Å². The molecule has 0 saturated heterocycles. The molecule has 0 aliphatic carbocycles. The van der Waals surface area contributed by atoms with E-state index in [4.69, 9.17) is 11.6 Å². The van der Waals surface area contributed by atoms with Crippen LogP contribution in [0.3, 0.4) is 0 Å². The Morgan fingerprint density at radius 1 is 1.12 bits per heavy atom. The van der Waals surface area contributed by atoms with Gasteiger partial charge in [-0.3, -0.25) is 0 Å². The van der Waals surface area contributed by atoms with E-state index in [1.54, 1.807) is 6.33 Å². The summed E-state index contributed by atoms with van der Waals surface area (Å²) in [7, 11) is 0. The van der Waals surface area contributed by atoms with Crippen LogP contribution >= 0.6 is 27.5 Å².